The maximum Gasteiger partial charge on any atom is 0.0436 e. The Balaban J connectivity index is 4.20. The van der Waals surface area contributed by atoms with Crippen LogP contribution in [0.3, 0.4) is 0 Å². The average molecular weight is 229 g/mol. The van der Waals surface area contributed by atoms with Crippen molar-refractivity contribution in [2.45, 2.75) is 66.3 Å². The van der Waals surface area contributed by atoms with Gasteiger partial charge in [-0.2, -0.15) is 0 Å². The van der Waals surface area contributed by atoms with Crippen LogP contribution in [0.25, 0.3) is 0 Å². The molecule has 2 N–H and O–H groups in total. The van der Waals surface area contributed by atoms with E-state index in [1.54, 1.807) is 0 Å². The number of hydrogen-bond acceptors (Lipinski definition) is 2. The lowest BCUT2D eigenvalue weighted by Gasteiger charge is -2.34. The first-order chi connectivity index (χ1) is 7.55. The van der Waals surface area contributed by atoms with Crippen LogP contribution in [0, 0.1) is 11.3 Å². The van der Waals surface area contributed by atoms with Crippen molar-refractivity contribution >= 4 is 0 Å². The first-order valence-corrected chi connectivity index (χ1v) is 6.89. The van der Waals surface area contributed by atoms with Gasteiger partial charge in [0.15, 0.2) is 0 Å². The number of rotatable bonds is 9. The van der Waals surface area contributed by atoms with Gasteiger partial charge in [-0.05, 0) is 37.5 Å². The van der Waals surface area contributed by atoms with E-state index >= 15 is 0 Å². The van der Waals surface area contributed by atoms with Crippen molar-refractivity contribution in [2.24, 2.45) is 11.3 Å². The molecule has 0 spiro atoms. The predicted molar refractivity (Wildman–Crippen MR) is 71.6 cm³/mol. The Bertz CT molecular complexity index is 166. The lowest BCUT2D eigenvalue weighted by atomic mass is 9.79. The van der Waals surface area contributed by atoms with Crippen LogP contribution < -0.4 is 5.32 Å². The molecule has 0 aliphatic heterocycles. The van der Waals surface area contributed by atoms with Crippen molar-refractivity contribution in [3.8, 4) is 0 Å². The molecule has 0 aliphatic carbocycles. The molecule has 0 saturated heterocycles. The van der Waals surface area contributed by atoms with E-state index in [-0.39, 0.29) is 5.41 Å². The molecule has 0 radical (unpaired) electrons. The first kappa shape index (κ1) is 15.9. The van der Waals surface area contributed by atoms with Gasteiger partial charge in [0, 0.05) is 19.2 Å². The third-order valence-electron chi connectivity index (χ3n) is 4.44. The molecule has 0 aromatic carbocycles. The summed E-state index contributed by atoms with van der Waals surface area (Å²) >= 11 is 0. The van der Waals surface area contributed by atoms with Gasteiger partial charge in [0.2, 0.25) is 0 Å². The molecule has 0 rings (SSSR count). The van der Waals surface area contributed by atoms with Crippen LogP contribution in [0.2, 0.25) is 0 Å². The average Bonchev–Trinajstić information content (AvgIpc) is 2.33. The molecule has 0 aromatic heterocycles. The monoisotopic (exact) mass is 229 g/mol. The van der Waals surface area contributed by atoms with Crippen molar-refractivity contribution in [3.05, 3.63) is 0 Å². The molecular weight excluding hydrogens is 198 g/mol. The molecule has 0 amide bonds. The molecule has 0 aliphatic rings. The molecular formula is C14H31NO. The normalized spacial score (nSPS) is 16.1. The highest BCUT2D eigenvalue weighted by atomic mass is 16.3. The summed E-state index contributed by atoms with van der Waals surface area (Å²) in [5.74, 6) is 0.723. The second-order valence-corrected chi connectivity index (χ2v) is 5.24. The smallest absolute Gasteiger partial charge is 0.0436 e. The van der Waals surface area contributed by atoms with E-state index in [9.17, 15) is 0 Å². The minimum atomic E-state index is 0.288. The number of aliphatic hydroxyl groups excluding tert-OH is 1. The highest BCUT2D eigenvalue weighted by Crippen LogP contribution is 2.29. The quantitative estimate of drug-likeness (QED) is 0.636. The van der Waals surface area contributed by atoms with E-state index in [1.807, 2.05) is 0 Å². The third-order valence-corrected chi connectivity index (χ3v) is 4.44. The van der Waals surface area contributed by atoms with E-state index in [4.69, 9.17) is 5.11 Å². The number of aliphatic hydroxyl groups is 1. The number of hydrogen-bond donors (Lipinski definition) is 2. The maximum absolute atomic E-state index is 9.16. The van der Waals surface area contributed by atoms with Gasteiger partial charge in [0.05, 0.1) is 0 Å². The molecule has 0 fully saturated rings. The SMILES string of the molecule is CCC(C)C(C)NCC(CC)(CC)CCO. The Hall–Kier alpha value is -0.0800. The lowest BCUT2D eigenvalue weighted by Crippen LogP contribution is -2.41. The molecule has 16 heavy (non-hydrogen) atoms. The van der Waals surface area contributed by atoms with E-state index in [0.717, 1.165) is 31.7 Å². The largest absolute Gasteiger partial charge is 0.396 e. The van der Waals surface area contributed by atoms with E-state index in [2.05, 4.69) is 39.9 Å². The molecule has 2 atom stereocenters. The Labute approximate surface area is 102 Å². The lowest BCUT2D eigenvalue weighted by molar-refractivity contribution is 0.156. The Morgan fingerprint density at radius 3 is 2.06 bits per heavy atom. The van der Waals surface area contributed by atoms with Crippen molar-refractivity contribution in [1.29, 1.82) is 0 Å². The van der Waals surface area contributed by atoms with Crippen molar-refractivity contribution in [3.63, 3.8) is 0 Å². The summed E-state index contributed by atoms with van der Waals surface area (Å²) in [4.78, 5) is 0. The summed E-state index contributed by atoms with van der Waals surface area (Å²) < 4.78 is 0. The minimum Gasteiger partial charge on any atom is -0.396 e. The van der Waals surface area contributed by atoms with E-state index in [0.29, 0.717) is 12.6 Å². The predicted octanol–water partition coefficient (Wildman–Crippen LogP) is 3.20. The van der Waals surface area contributed by atoms with Crippen LogP contribution in [0.1, 0.15) is 60.3 Å². The molecule has 0 saturated carbocycles. The van der Waals surface area contributed by atoms with Gasteiger partial charge >= 0.3 is 0 Å². The van der Waals surface area contributed by atoms with Gasteiger partial charge in [0.1, 0.15) is 0 Å². The summed E-state index contributed by atoms with van der Waals surface area (Å²) in [5, 5.41) is 12.8. The van der Waals surface area contributed by atoms with Gasteiger partial charge < -0.3 is 10.4 Å². The Morgan fingerprint density at radius 1 is 1.12 bits per heavy atom. The van der Waals surface area contributed by atoms with Gasteiger partial charge in [-0.25, -0.2) is 0 Å². The van der Waals surface area contributed by atoms with Crippen LogP contribution in [0.15, 0.2) is 0 Å². The Morgan fingerprint density at radius 2 is 1.69 bits per heavy atom. The fraction of sp³-hybridized carbons (Fsp3) is 1.00. The zero-order valence-corrected chi connectivity index (χ0v) is 11.8. The Kier molecular flexibility index (Phi) is 8.04. The summed E-state index contributed by atoms with van der Waals surface area (Å²) in [6, 6.07) is 0.571. The number of nitrogens with one attached hydrogen (secondary N) is 1. The van der Waals surface area contributed by atoms with Crippen LogP contribution in [-0.2, 0) is 0 Å². The topological polar surface area (TPSA) is 32.3 Å². The van der Waals surface area contributed by atoms with Gasteiger partial charge in [-0.15, -0.1) is 0 Å². The summed E-state index contributed by atoms with van der Waals surface area (Å²) in [7, 11) is 0. The molecule has 2 nitrogen and oxygen atoms in total. The summed E-state index contributed by atoms with van der Waals surface area (Å²) in [6.45, 7) is 12.6. The maximum atomic E-state index is 9.16. The third kappa shape index (κ3) is 4.84. The van der Waals surface area contributed by atoms with Crippen molar-refractivity contribution < 1.29 is 5.11 Å². The van der Waals surface area contributed by atoms with Crippen LogP contribution in [0.5, 0.6) is 0 Å². The second-order valence-electron chi connectivity index (χ2n) is 5.24. The molecule has 2 heteroatoms. The van der Waals surface area contributed by atoms with Crippen LogP contribution in [0.4, 0.5) is 0 Å². The molecule has 2 unspecified atom stereocenters. The zero-order valence-electron chi connectivity index (χ0n) is 11.8. The summed E-state index contributed by atoms with van der Waals surface area (Å²) in [6.07, 6.45) is 4.42. The zero-order chi connectivity index (χ0) is 12.6. The van der Waals surface area contributed by atoms with Gasteiger partial charge in [0.25, 0.3) is 0 Å². The van der Waals surface area contributed by atoms with Crippen LogP contribution >= 0.6 is 0 Å². The van der Waals surface area contributed by atoms with Crippen molar-refractivity contribution in [2.75, 3.05) is 13.2 Å². The minimum absolute atomic E-state index is 0.288. The highest BCUT2D eigenvalue weighted by molar-refractivity contribution is 4.81. The van der Waals surface area contributed by atoms with Gasteiger partial charge in [-0.3, -0.25) is 0 Å². The second kappa shape index (κ2) is 8.08. The fourth-order valence-corrected chi connectivity index (χ4v) is 2.11. The van der Waals surface area contributed by atoms with Crippen molar-refractivity contribution in [1.82, 2.24) is 5.32 Å². The van der Waals surface area contributed by atoms with E-state index in [1.165, 1.54) is 6.42 Å². The first-order valence-electron chi connectivity index (χ1n) is 6.89. The molecule has 0 heterocycles. The standard InChI is InChI=1S/C14H31NO/c1-6-12(4)13(5)15-11-14(7-2,8-3)9-10-16/h12-13,15-16H,6-11H2,1-5H3. The summed E-state index contributed by atoms with van der Waals surface area (Å²) in [5.41, 5.74) is 0.288. The van der Waals surface area contributed by atoms with Gasteiger partial charge in [-0.1, -0.05) is 34.1 Å². The van der Waals surface area contributed by atoms with Crippen LogP contribution in [-0.4, -0.2) is 24.3 Å². The highest BCUT2D eigenvalue weighted by Gasteiger charge is 2.26. The fourth-order valence-electron chi connectivity index (χ4n) is 2.11. The molecule has 0 aromatic rings. The van der Waals surface area contributed by atoms with E-state index < -0.39 is 0 Å². The molecule has 0 bridgehead atoms. The molecule has 98 valence electrons.